The Morgan fingerprint density at radius 2 is 1.47 bits per heavy atom. The van der Waals surface area contributed by atoms with Crippen LogP contribution in [0.25, 0.3) is 0 Å². The van der Waals surface area contributed by atoms with Gasteiger partial charge in [-0.05, 0) is 18.2 Å². The standard InChI is InChI=1S/C9H12N2O6S2/c1-18(14,15)10-7-4-3-6(9(12)13)5-8(7)11-19(2,16)17/h3-5,10-11H,1-2H3,(H,12,13). The summed E-state index contributed by atoms with van der Waals surface area (Å²) in [5, 5.41) is 8.82. The first-order chi connectivity index (χ1) is 8.48. The molecule has 1 rings (SSSR count). The number of hydrogen-bond acceptors (Lipinski definition) is 5. The predicted octanol–water partition coefficient (Wildman–Crippen LogP) is 0.128. The van der Waals surface area contributed by atoms with Gasteiger partial charge in [0.15, 0.2) is 0 Å². The number of sulfonamides is 2. The van der Waals surface area contributed by atoms with E-state index >= 15 is 0 Å². The predicted molar refractivity (Wildman–Crippen MR) is 70.3 cm³/mol. The molecule has 1 aromatic carbocycles. The lowest BCUT2D eigenvalue weighted by Gasteiger charge is -2.12. The summed E-state index contributed by atoms with van der Waals surface area (Å²) < 4.78 is 48.7. The van der Waals surface area contributed by atoms with Crippen LogP contribution in [0.2, 0.25) is 0 Å². The lowest BCUT2D eigenvalue weighted by atomic mass is 10.2. The Morgan fingerprint density at radius 3 is 1.89 bits per heavy atom. The van der Waals surface area contributed by atoms with Gasteiger partial charge in [-0.15, -0.1) is 0 Å². The Bertz CT molecular complexity index is 708. The fourth-order valence-corrected chi connectivity index (χ4v) is 2.40. The maximum absolute atomic E-state index is 11.2. The van der Waals surface area contributed by atoms with Crippen LogP contribution in [0.4, 0.5) is 11.4 Å². The zero-order chi connectivity index (χ0) is 14.8. The molecule has 106 valence electrons. The first kappa shape index (κ1) is 15.2. The highest BCUT2D eigenvalue weighted by atomic mass is 32.2. The second-order valence-corrected chi connectivity index (χ2v) is 7.31. The van der Waals surface area contributed by atoms with E-state index < -0.39 is 26.0 Å². The zero-order valence-electron chi connectivity index (χ0n) is 10.0. The molecular weight excluding hydrogens is 296 g/mol. The second kappa shape index (κ2) is 5.05. The minimum absolute atomic E-state index is 0.0575. The van der Waals surface area contributed by atoms with E-state index in [0.29, 0.717) is 0 Å². The number of hydrogen-bond donors (Lipinski definition) is 3. The lowest BCUT2D eigenvalue weighted by Crippen LogP contribution is -2.15. The number of aromatic carboxylic acids is 1. The topological polar surface area (TPSA) is 130 Å². The van der Waals surface area contributed by atoms with Crippen LogP contribution >= 0.6 is 0 Å². The van der Waals surface area contributed by atoms with E-state index in [1.165, 1.54) is 0 Å². The average Bonchev–Trinajstić information content (AvgIpc) is 2.15. The van der Waals surface area contributed by atoms with Gasteiger partial charge in [0, 0.05) is 0 Å². The van der Waals surface area contributed by atoms with Crippen LogP contribution in [0, 0.1) is 0 Å². The Labute approximate surface area is 110 Å². The molecule has 0 radical (unpaired) electrons. The summed E-state index contributed by atoms with van der Waals surface area (Å²) in [6.45, 7) is 0. The molecule has 0 spiro atoms. The number of benzene rings is 1. The molecule has 8 nitrogen and oxygen atoms in total. The van der Waals surface area contributed by atoms with Crippen molar-refractivity contribution in [3.05, 3.63) is 23.8 Å². The van der Waals surface area contributed by atoms with Crippen LogP contribution in [0.3, 0.4) is 0 Å². The van der Waals surface area contributed by atoms with Crippen molar-refractivity contribution in [2.75, 3.05) is 22.0 Å². The summed E-state index contributed by atoms with van der Waals surface area (Å²) in [7, 11) is -7.30. The van der Waals surface area contributed by atoms with E-state index in [4.69, 9.17) is 5.11 Å². The molecule has 0 amide bonds. The van der Waals surface area contributed by atoms with Crippen molar-refractivity contribution in [3.8, 4) is 0 Å². The van der Waals surface area contributed by atoms with Crippen molar-refractivity contribution in [1.82, 2.24) is 0 Å². The van der Waals surface area contributed by atoms with Crippen molar-refractivity contribution >= 4 is 37.4 Å². The number of anilines is 2. The normalized spacial score (nSPS) is 11.9. The van der Waals surface area contributed by atoms with Gasteiger partial charge < -0.3 is 5.11 Å². The number of rotatable bonds is 5. The molecule has 0 saturated heterocycles. The Balaban J connectivity index is 3.34. The number of carboxylic acid groups (broad SMARTS) is 1. The third-order valence-electron chi connectivity index (χ3n) is 1.86. The fraction of sp³-hybridized carbons (Fsp3) is 0.222. The van der Waals surface area contributed by atoms with Crippen LogP contribution in [0.1, 0.15) is 10.4 Å². The fourth-order valence-electron chi connectivity index (χ4n) is 1.25. The first-order valence-electron chi connectivity index (χ1n) is 4.81. The Kier molecular flexibility index (Phi) is 4.06. The zero-order valence-corrected chi connectivity index (χ0v) is 11.7. The van der Waals surface area contributed by atoms with Gasteiger partial charge in [0.05, 0.1) is 29.4 Å². The quantitative estimate of drug-likeness (QED) is 0.708. The van der Waals surface area contributed by atoms with Gasteiger partial charge in [0.25, 0.3) is 0 Å². The van der Waals surface area contributed by atoms with Crippen LogP contribution in [0.15, 0.2) is 18.2 Å². The third kappa shape index (κ3) is 5.14. The van der Waals surface area contributed by atoms with Gasteiger partial charge in [-0.2, -0.15) is 0 Å². The van der Waals surface area contributed by atoms with E-state index in [0.717, 1.165) is 30.7 Å². The molecule has 0 fully saturated rings. The van der Waals surface area contributed by atoms with E-state index in [9.17, 15) is 21.6 Å². The molecule has 1 aromatic rings. The highest BCUT2D eigenvalue weighted by Crippen LogP contribution is 2.25. The van der Waals surface area contributed by atoms with Crippen LogP contribution in [0.5, 0.6) is 0 Å². The minimum atomic E-state index is -3.68. The SMILES string of the molecule is CS(=O)(=O)Nc1ccc(C(=O)O)cc1NS(C)(=O)=O. The van der Waals surface area contributed by atoms with Crippen LogP contribution in [-0.2, 0) is 20.0 Å². The number of nitrogens with one attached hydrogen (secondary N) is 2. The molecule has 0 bridgehead atoms. The largest absolute Gasteiger partial charge is 0.478 e. The molecule has 0 saturated carbocycles. The molecule has 19 heavy (non-hydrogen) atoms. The maximum Gasteiger partial charge on any atom is 0.335 e. The second-order valence-electron chi connectivity index (χ2n) is 3.81. The van der Waals surface area contributed by atoms with Crippen LogP contribution in [-0.4, -0.2) is 40.4 Å². The maximum atomic E-state index is 11.2. The highest BCUT2D eigenvalue weighted by Gasteiger charge is 2.14. The third-order valence-corrected chi connectivity index (χ3v) is 3.04. The Hall–Kier alpha value is -1.81. The monoisotopic (exact) mass is 308 g/mol. The van der Waals surface area contributed by atoms with Crippen LogP contribution < -0.4 is 9.44 Å². The number of carbonyl (C=O) groups is 1. The van der Waals surface area contributed by atoms with Crippen molar-refractivity contribution in [1.29, 1.82) is 0 Å². The highest BCUT2D eigenvalue weighted by molar-refractivity contribution is 7.92. The van der Waals surface area contributed by atoms with Gasteiger partial charge in [0.1, 0.15) is 0 Å². The first-order valence-corrected chi connectivity index (χ1v) is 8.59. The van der Waals surface area contributed by atoms with E-state index in [2.05, 4.69) is 4.72 Å². The molecule has 0 aromatic heterocycles. The molecule has 3 N–H and O–H groups in total. The van der Waals surface area contributed by atoms with E-state index in [1.807, 2.05) is 4.72 Å². The smallest absolute Gasteiger partial charge is 0.335 e. The van der Waals surface area contributed by atoms with Gasteiger partial charge in [-0.1, -0.05) is 0 Å². The minimum Gasteiger partial charge on any atom is -0.478 e. The molecular formula is C9H12N2O6S2. The summed E-state index contributed by atoms with van der Waals surface area (Å²) >= 11 is 0. The summed E-state index contributed by atoms with van der Waals surface area (Å²) in [5.41, 5.74) is -0.393. The Morgan fingerprint density at radius 1 is 1.00 bits per heavy atom. The average molecular weight is 308 g/mol. The van der Waals surface area contributed by atoms with Crippen molar-refractivity contribution in [3.63, 3.8) is 0 Å². The van der Waals surface area contributed by atoms with Gasteiger partial charge in [-0.25, -0.2) is 21.6 Å². The van der Waals surface area contributed by atoms with Gasteiger partial charge in [-0.3, -0.25) is 9.44 Å². The molecule has 10 heteroatoms. The summed E-state index contributed by atoms with van der Waals surface area (Å²) in [4.78, 5) is 10.8. The summed E-state index contributed by atoms with van der Waals surface area (Å²) in [6, 6.07) is 3.35. The molecule has 0 aliphatic rings. The molecule has 0 heterocycles. The molecule has 0 unspecified atom stereocenters. The number of carboxylic acids is 1. The van der Waals surface area contributed by atoms with E-state index in [1.54, 1.807) is 0 Å². The van der Waals surface area contributed by atoms with Crippen molar-refractivity contribution in [2.45, 2.75) is 0 Å². The van der Waals surface area contributed by atoms with Gasteiger partial charge >= 0.3 is 5.97 Å². The molecule has 0 aliphatic carbocycles. The molecule has 0 aliphatic heterocycles. The van der Waals surface area contributed by atoms with E-state index in [-0.39, 0.29) is 16.9 Å². The van der Waals surface area contributed by atoms with Gasteiger partial charge in [0.2, 0.25) is 20.0 Å². The molecule has 0 atom stereocenters. The van der Waals surface area contributed by atoms with Crippen molar-refractivity contribution < 1.29 is 26.7 Å². The summed E-state index contributed by atoms with van der Waals surface area (Å²) in [5.74, 6) is -1.26. The van der Waals surface area contributed by atoms with Crippen molar-refractivity contribution in [2.24, 2.45) is 0 Å². The summed E-state index contributed by atoms with van der Waals surface area (Å²) in [6.07, 6.45) is 1.76. The lowest BCUT2D eigenvalue weighted by molar-refractivity contribution is 0.0697.